The Morgan fingerprint density at radius 2 is 2.00 bits per heavy atom. The van der Waals surface area contributed by atoms with E-state index in [0.29, 0.717) is 5.82 Å². The molecule has 0 aliphatic carbocycles. The third-order valence-corrected chi connectivity index (χ3v) is 2.99. The number of benzene rings is 1. The first-order chi connectivity index (χ1) is 7.68. The fourth-order valence-corrected chi connectivity index (χ4v) is 2.08. The number of nitrogens with two attached hydrogens (primary N) is 1. The van der Waals surface area contributed by atoms with Crippen LogP contribution >= 0.6 is 0 Å². The molecule has 4 heteroatoms. The summed E-state index contributed by atoms with van der Waals surface area (Å²) in [6.07, 6.45) is 0. The summed E-state index contributed by atoms with van der Waals surface area (Å²) >= 11 is 0. The lowest BCUT2D eigenvalue weighted by Crippen LogP contribution is -1.93. The first kappa shape index (κ1) is 9.15. The second-order valence-electron chi connectivity index (χ2n) is 3.95. The van der Waals surface area contributed by atoms with Crippen LogP contribution in [0.3, 0.4) is 0 Å². The van der Waals surface area contributed by atoms with Crippen molar-refractivity contribution in [3.63, 3.8) is 0 Å². The van der Waals surface area contributed by atoms with E-state index in [1.54, 1.807) is 0 Å². The van der Waals surface area contributed by atoms with E-state index < -0.39 is 0 Å². The molecule has 0 saturated carbocycles. The van der Waals surface area contributed by atoms with Gasteiger partial charge in [-0.05, 0) is 13.0 Å². The Kier molecular flexibility index (Phi) is 1.68. The number of para-hydroxylation sites is 1. The van der Waals surface area contributed by atoms with Gasteiger partial charge < -0.3 is 5.73 Å². The average molecular weight is 212 g/mol. The molecule has 0 aliphatic rings. The van der Waals surface area contributed by atoms with Crippen LogP contribution in [-0.4, -0.2) is 14.8 Å². The maximum Gasteiger partial charge on any atom is 0.152 e. The smallest absolute Gasteiger partial charge is 0.152 e. The van der Waals surface area contributed by atoms with Gasteiger partial charge in [-0.2, -0.15) is 5.10 Å². The van der Waals surface area contributed by atoms with E-state index in [9.17, 15) is 0 Å². The molecule has 0 amide bonds. The maximum atomic E-state index is 5.92. The summed E-state index contributed by atoms with van der Waals surface area (Å²) in [6.45, 7) is 2.04. The highest BCUT2D eigenvalue weighted by molar-refractivity contribution is 6.09. The van der Waals surface area contributed by atoms with Gasteiger partial charge in [0.15, 0.2) is 5.82 Å². The van der Waals surface area contributed by atoms with Crippen LogP contribution in [0.2, 0.25) is 0 Å². The van der Waals surface area contributed by atoms with E-state index in [4.69, 9.17) is 5.73 Å². The van der Waals surface area contributed by atoms with E-state index in [1.165, 1.54) is 0 Å². The summed E-state index contributed by atoms with van der Waals surface area (Å²) in [7, 11) is 1.92. The maximum absolute atomic E-state index is 5.92. The zero-order valence-corrected chi connectivity index (χ0v) is 9.23. The van der Waals surface area contributed by atoms with Crippen molar-refractivity contribution in [2.75, 3.05) is 5.73 Å². The van der Waals surface area contributed by atoms with Gasteiger partial charge in [-0.3, -0.25) is 4.68 Å². The molecular formula is C12H12N4. The minimum Gasteiger partial charge on any atom is -0.382 e. The van der Waals surface area contributed by atoms with E-state index in [1.807, 2.05) is 36.9 Å². The molecule has 0 bridgehead atoms. The number of aryl methyl sites for hydroxylation is 2. The summed E-state index contributed by atoms with van der Waals surface area (Å²) in [5.41, 5.74) is 8.74. The molecule has 80 valence electrons. The quantitative estimate of drug-likeness (QED) is 0.620. The van der Waals surface area contributed by atoms with Crippen LogP contribution in [-0.2, 0) is 7.05 Å². The molecule has 16 heavy (non-hydrogen) atoms. The molecular weight excluding hydrogens is 200 g/mol. The number of rotatable bonds is 0. The second-order valence-corrected chi connectivity index (χ2v) is 3.95. The molecule has 2 heterocycles. The fraction of sp³-hybridized carbons (Fsp3) is 0.167. The SMILES string of the molecule is Cc1c2c(nn1C)c(N)nc1ccccc12. The monoisotopic (exact) mass is 212 g/mol. The van der Waals surface area contributed by atoms with E-state index in [0.717, 1.165) is 27.5 Å². The molecule has 2 N–H and O–H groups in total. The van der Waals surface area contributed by atoms with Crippen molar-refractivity contribution in [3.8, 4) is 0 Å². The summed E-state index contributed by atoms with van der Waals surface area (Å²) in [5, 5.41) is 6.60. The summed E-state index contributed by atoms with van der Waals surface area (Å²) < 4.78 is 1.84. The lowest BCUT2D eigenvalue weighted by atomic mass is 10.1. The van der Waals surface area contributed by atoms with Gasteiger partial charge in [0.25, 0.3) is 0 Å². The van der Waals surface area contributed by atoms with Crippen molar-refractivity contribution >= 4 is 27.6 Å². The molecule has 3 rings (SSSR count). The third kappa shape index (κ3) is 1.04. The van der Waals surface area contributed by atoms with Gasteiger partial charge in [-0.15, -0.1) is 0 Å². The number of nitrogens with zero attached hydrogens (tertiary/aromatic N) is 3. The molecule has 0 fully saturated rings. The zero-order valence-electron chi connectivity index (χ0n) is 9.23. The van der Waals surface area contributed by atoms with Gasteiger partial charge in [0.1, 0.15) is 5.52 Å². The lowest BCUT2D eigenvalue weighted by molar-refractivity contribution is 0.751. The number of hydrogen-bond donors (Lipinski definition) is 1. The predicted molar refractivity (Wildman–Crippen MR) is 65.2 cm³/mol. The minimum absolute atomic E-state index is 0.498. The van der Waals surface area contributed by atoms with Crippen molar-refractivity contribution in [2.24, 2.45) is 7.05 Å². The van der Waals surface area contributed by atoms with Crippen LogP contribution in [0.4, 0.5) is 5.82 Å². The molecule has 3 aromatic rings. The first-order valence-corrected chi connectivity index (χ1v) is 5.16. The Balaban J connectivity index is 2.67. The summed E-state index contributed by atoms with van der Waals surface area (Å²) in [6, 6.07) is 7.99. The lowest BCUT2D eigenvalue weighted by Gasteiger charge is -2.01. The van der Waals surface area contributed by atoms with Gasteiger partial charge >= 0.3 is 0 Å². The number of aromatic nitrogens is 3. The molecule has 2 aromatic heterocycles. The second kappa shape index (κ2) is 2.95. The Bertz CT molecular complexity index is 697. The number of fused-ring (bicyclic) bond motifs is 3. The topological polar surface area (TPSA) is 56.7 Å². The molecule has 0 spiro atoms. The number of nitrogen functional groups attached to an aromatic ring is 1. The van der Waals surface area contributed by atoms with Crippen LogP contribution in [0.15, 0.2) is 24.3 Å². The highest BCUT2D eigenvalue weighted by Gasteiger charge is 2.12. The highest BCUT2D eigenvalue weighted by Crippen LogP contribution is 2.29. The Hall–Kier alpha value is -2.10. The largest absolute Gasteiger partial charge is 0.382 e. The fourth-order valence-electron chi connectivity index (χ4n) is 2.08. The Morgan fingerprint density at radius 1 is 1.25 bits per heavy atom. The minimum atomic E-state index is 0.498. The molecule has 0 radical (unpaired) electrons. The van der Waals surface area contributed by atoms with E-state index in [-0.39, 0.29) is 0 Å². The van der Waals surface area contributed by atoms with Gasteiger partial charge in [0, 0.05) is 23.5 Å². The number of anilines is 1. The highest BCUT2D eigenvalue weighted by atomic mass is 15.3. The zero-order chi connectivity index (χ0) is 11.3. The standard InChI is InChI=1S/C12H12N4/c1-7-10-8-5-3-4-6-9(8)14-12(13)11(10)15-16(7)2/h3-6H,1-2H3,(H2,13,14). The van der Waals surface area contributed by atoms with Crippen molar-refractivity contribution in [3.05, 3.63) is 30.0 Å². The van der Waals surface area contributed by atoms with Crippen LogP contribution in [0.25, 0.3) is 21.8 Å². The van der Waals surface area contributed by atoms with Gasteiger partial charge in [-0.25, -0.2) is 4.98 Å². The first-order valence-electron chi connectivity index (χ1n) is 5.16. The normalized spacial score (nSPS) is 11.4. The predicted octanol–water partition coefficient (Wildman–Crippen LogP) is 2.01. The number of pyridine rings is 1. The molecule has 0 unspecified atom stereocenters. The molecule has 1 aromatic carbocycles. The van der Waals surface area contributed by atoms with Crippen LogP contribution < -0.4 is 5.73 Å². The summed E-state index contributed by atoms with van der Waals surface area (Å²) in [5.74, 6) is 0.498. The van der Waals surface area contributed by atoms with Crippen molar-refractivity contribution in [2.45, 2.75) is 6.92 Å². The van der Waals surface area contributed by atoms with Crippen molar-refractivity contribution < 1.29 is 0 Å². The summed E-state index contributed by atoms with van der Waals surface area (Å²) in [4.78, 5) is 4.36. The van der Waals surface area contributed by atoms with E-state index >= 15 is 0 Å². The van der Waals surface area contributed by atoms with Crippen LogP contribution in [0, 0.1) is 6.92 Å². The van der Waals surface area contributed by atoms with Crippen molar-refractivity contribution in [1.82, 2.24) is 14.8 Å². The van der Waals surface area contributed by atoms with Gasteiger partial charge in [0.05, 0.1) is 5.52 Å². The van der Waals surface area contributed by atoms with E-state index in [2.05, 4.69) is 16.1 Å². The van der Waals surface area contributed by atoms with Gasteiger partial charge in [0.2, 0.25) is 0 Å². The molecule has 0 saturated heterocycles. The molecule has 4 nitrogen and oxygen atoms in total. The molecule has 0 aliphatic heterocycles. The number of hydrogen-bond acceptors (Lipinski definition) is 3. The van der Waals surface area contributed by atoms with Crippen LogP contribution in [0.1, 0.15) is 5.69 Å². The van der Waals surface area contributed by atoms with Crippen LogP contribution in [0.5, 0.6) is 0 Å². The Labute approximate surface area is 92.7 Å². The van der Waals surface area contributed by atoms with Crippen molar-refractivity contribution in [1.29, 1.82) is 0 Å². The third-order valence-electron chi connectivity index (χ3n) is 2.99. The average Bonchev–Trinajstić information content (AvgIpc) is 2.57. The van der Waals surface area contributed by atoms with Gasteiger partial charge in [-0.1, -0.05) is 18.2 Å². The molecule has 0 atom stereocenters. The Morgan fingerprint density at radius 3 is 2.81 bits per heavy atom.